The highest BCUT2D eigenvalue weighted by molar-refractivity contribution is 5.58. The van der Waals surface area contributed by atoms with Crippen LogP contribution in [0.1, 0.15) is 31.7 Å². The first-order valence-electron chi connectivity index (χ1n) is 8.26. The molecule has 0 atom stereocenters. The Hall–Kier alpha value is -2.12. The zero-order chi connectivity index (χ0) is 16.3. The summed E-state index contributed by atoms with van der Waals surface area (Å²) in [6, 6.07) is 13.1. The first kappa shape index (κ1) is 15.8. The Morgan fingerprint density at radius 2 is 1.87 bits per heavy atom. The number of rotatable bonds is 4. The lowest BCUT2D eigenvalue weighted by molar-refractivity contribution is 0.116. The van der Waals surface area contributed by atoms with Crippen molar-refractivity contribution in [3.63, 3.8) is 0 Å². The summed E-state index contributed by atoms with van der Waals surface area (Å²) in [6.45, 7) is 5.40. The van der Waals surface area contributed by atoms with Gasteiger partial charge in [-0.25, -0.2) is 0 Å². The molecule has 1 aromatic heterocycles. The Morgan fingerprint density at radius 3 is 2.43 bits per heavy atom. The molecule has 2 heterocycles. The third kappa shape index (κ3) is 3.80. The summed E-state index contributed by atoms with van der Waals surface area (Å²) in [4.78, 5) is 2.49. The van der Waals surface area contributed by atoms with E-state index in [4.69, 9.17) is 5.26 Å². The minimum Gasteiger partial charge on any atom is -0.299 e. The second kappa shape index (κ2) is 6.55. The third-order valence-corrected chi connectivity index (χ3v) is 4.94. The van der Waals surface area contributed by atoms with E-state index in [0.717, 1.165) is 43.7 Å². The predicted molar refractivity (Wildman–Crippen MR) is 91.5 cm³/mol. The quantitative estimate of drug-likeness (QED) is 0.867. The molecule has 0 unspecified atom stereocenters. The van der Waals surface area contributed by atoms with Crippen LogP contribution in [0.5, 0.6) is 0 Å². The van der Waals surface area contributed by atoms with Crippen molar-refractivity contribution in [2.45, 2.75) is 32.7 Å². The van der Waals surface area contributed by atoms with Crippen LogP contribution < -0.4 is 0 Å². The molecule has 0 bridgehead atoms. The van der Waals surface area contributed by atoms with Crippen LogP contribution in [0.3, 0.4) is 0 Å². The highest BCUT2D eigenvalue weighted by atomic mass is 15.2. The summed E-state index contributed by atoms with van der Waals surface area (Å²) in [6.07, 6.45) is 4.88. The highest BCUT2D eigenvalue weighted by Crippen LogP contribution is 2.34. The van der Waals surface area contributed by atoms with Crippen LogP contribution in [0, 0.1) is 16.7 Å². The van der Waals surface area contributed by atoms with E-state index in [1.165, 1.54) is 5.56 Å². The zero-order valence-electron chi connectivity index (χ0n) is 14.0. The average molecular weight is 308 g/mol. The van der Waals surface area contributed by atoms with Gasteiger partial charge in [0, 0.05) is 31.8 Å². The van der Waals surface area contributed by atoms with E-state index in [1.54, 1.807) is 0 Å². The topological polar surface area (TPSA) is 44.9 Å². The lowest BCUT2D eigenvalue weighted by Crippen LogP contribution is -2.38. The number of nitriles is 1. The van der Waals surface area contributed by atoms with Gasteiger partial charge in [0.2, 0.25) is 0 Å². The molecule has 1 fully saturated rings. The normalized spacial score (nSPS) is 17.8. The van der Waals surface area contributed by atoms with Crippen LogP contribution in [0.2, 0.25) is 0 Å². The minimum absolute atomic E-state index is 0.216. The molecule has 0 amide bonds. The Morgan fingerprint density at radius 1 is 1.17 bits per heavy atom. The molecule has 0 N–H and O–H groups in total. The van der Waals surface area contributed by atoms with Crippen molar-refractivity contribution in [2.24, 2.45) is 12.5 Å². The maximum Gasteiger partial charge on any atom is 0.0923 e. The summed E-state index contributed by atoms with van der Waals surface area (Å²) in [5.74, 6) is 0. The van der Waals surface area contributed by atoms with Gasteiger partial charge in [-0.3, -0.25) is 9.58 Å². The van der Waals surface area contributed by atoms with Gasteiger partial charge in [-0.1, -0.05) is 31.2 Å². The highest BCUT2D eigenvalue weighted by Gasteiger charge is 2.29. The molecule has 0 spiro atoms. The first-order valence-corrected chi connectivity index (χ1v) is 8.26. The van der Waals surface area contributed by atoms with Crippen molar-refractivity contribution >= 4 is 0 Å². The van der Waals surface area contributed by atoms with Gasteiger partial charge in [0.05, 0.1) is 11.8 Å². The van der Waals surface area contributed by atoms with Crippen LogP contribution in [0.15, 0.2) is 36.5 Å². The number of likely N-dealkylation sites (tertiary alicyclic amines) is 1. The molecular weight excluding hydrogens is 284 g/mol. The van der Waals surface area contributed by atoms with Crippen LogP contribution in [0.4, 0.5) is 0 Å². The number of aromatic nitrogens is 2. The van der Waals surface area contributed by atoms with E-state index in [0.29, 0.717) is 6.42 Å². The molecule has 1 saturated heterocycles. The Bertz CT molecular complexity index is 685. The second-order valence-electron chi connectivity index (χ2n) is 6.99. The monoisotopic (exact) mass is 308 g/mol. The number of piperidine rings is 1. The van der Waals surface area contributed by atoms with Gasteiger partial charge in [0.15, 0.2) is 0 Å². The average Bonchev–Trinajstić information content (AvgIpc) is 2.97. The van der Waals surface area contributed by atoms with Crippen molar-refractivity contribution in [2.75, 3.05) is 13.1 Å². The van der Waals surface area contributed by atoms with E-state index in [2.05, 4.69) is 47.3 Å². The number of hydrogen-bond acceptors (Lipinski definition) is 3. The molecule has 3 rings (SSSR count). The fourth-order valence-electron chi connectivity index (χ4n) is 3.23. The molecule has 0 aliphatic carbocycles. The Labute approximate surface area is 138 Å². The number of hydrogen-bond donors (Lipinski definition) is 0. The summed E-state index contributed by atoms with van der Waals surface area (Å²) in [7, 11) is 1.94. The second-order valence-corrected chi connectivity index (χ2v) is 6.99. The SMILES string of the molecule is Cn1ccc(-c2ccc(CN3CCC(C)(CC#N)CC3)cc2)n1. The molecule has 4 heteroatoms. The fraction of sp³-hybridized carbons (Fsp3) is 0.474. The van der Waals surface area contributed by atoms with E-state index in [9.17, 15) is 0 Å². The Balaban J connectivity index is 1.58. The van der Waals surface area contributed by atoms with Crippen LogP contribution >= 0.6 is 0 Å². The number of benzene rings is 1. The molecular formula is C19H24N4. The van der Waals surface area contributed by atoms with Crippen molar-refractivity contribution in [1.82, 2.24) is 14.7 Å². The van der Waals surface area contributed by atoms with Gasteiger partial charge in [0.25, 0.3) is 0 Å². The molecule has 1 aromatic carbocycles. The van der Waals surface area contributed by atoms with Crippen LogP contribution in [-0.4, -0.2) is 27.8 Å². The molecule has 23 heavy (non-hydrogen) atoms. The van der Waals surface area contributed by atoms with Gasteiger partial charge in [0.1, 0.15) is 0 Å². The lowest BCUT2D eigenvalue weighted by atomic mass is 9.78. The first-order chi connectivity index (χ1) is 11.1. The maximum atomic E-state index is 8.94. The molecule has 4 nitrogen and oxygen atoms in total. The number of nitrogens with zero attached hydrogens (tertiary/aromatic N) is 4. The van der Waals surface area contributed by atoms with Crippen molar-refractivity contribution in [3.05, 3.63) is 42.1 Å². The van der Waals surface area contributed by atoms with Crippen molar-refractivity contribution < 1.29 is 0 Å². The minimum atomic E-state index is 0.216. The molecule has 1 aliphatic heterocycles. The summed E-state index contributed by atoms with van der Waals surface area (Å²) < 4.78 is 1.83. The van der Waals surface area contributed by atoms with E-state index >= 15 is 0 Å². The standard InChI is InChI=1S/C19H24N4/c1-19(8-11-20)9-13-23(14-10-19)15-16-3-5-17(6-4-16)18-7-12-22(2)21-18/h3-7,12H,8-10,13-15H2,1-2H3. The molecule has 1 aliphatic rings. The molecule has 0 saturated carbocycles. The van der Waals surface area contributed by atoms with Crippen LogP contribution in [0.25, 0.3) is 11.3 Å². The molecule has 0 radical (unpaired) electrons. The summed E-state index contributed by atoms with van der Waals surface area (Å²) in [5, 5.41) is 13.4. The summed E-state index contributed by atoms with van der Waals surface area (Å²) in [5.41, 5.74) is 3.74. The Kier molecular flexibility index (Phi) is 4.49. The van der Waals surface area contributed by atoms with Gasteiger partial charge < -0.3 is 0 Å². The van der Waals surface area contributed by atoms with E-state index in [-0.39, 0.29) is 5.41 Å². The van der Waals surface area contributed by atoms with Gasteiger partial charge in [-0.2, -0.15) is 10.4 Å². The third-order valence-electron chi connectivity index (χ3n) is 4.94. The van der Waals surface area contributed by atoms with Crippen LogP contribution in [-0.2, 0) is 13.6 Å². The zero-order valence-corrected chi connectivity index (χ0v) is 14.0. The fourth-order valence-corrected chi connectivity index (χ4v) is 3.23. The van der Waals surface area contributed by atoms with E-state index < -0.39 is 0 Å². The van der Waals surface area contributed by atoms with Crippen molar-refractivity contribution in [1.29, 1.82) is 5.26 Å². The molecule has 120 valence electrons. The van der Waals surface area contributed by atoms with Gasteiger partial charge >= 0.3 is 0 Å². The van der Waals surface area contributed by atoms with Gasteiger partial charge in [-0.05, 0) is 43.0 Å². The van der Waals surface area contributed by atoms with Crippen molar-refractivity contribution in [3.8, 4) is 17.3 Å². The largest absolute Gasteiger partial charge is 0.299 e. The summed E-state index contributed by atoms with van der Waals surface area (Å²) >= 11 is 0. The maximum absolute atomic E-state index is 8.94. The number of aryl methyl sites for hydroxylation is 1. The predicted octanol–water partition coefficient (Wildman–Crippen LogP) is 3.60. The van der Waals surface area contributed by atoms with E-state index in [1.807, 2.05) is 24.0 Å². The lowest BCUT2D eigenvalue weighted by Gasteiger charge is -2.38. The molecule has 2 aromatic rings. The van der Waals surface area contributed by atoms with Gasteiger partial charge in [-0.15, -0.1) is 0 Å². The smallest absolute Gasteiger partial charge is 0.0923 e.